The van der Waals surface area contributed by atoms with Gasteiger partial charge in [0.25, 0.3) is 0 Å². The number of thioether (sulfide) groups is 1. The van der Waals surface area contributed by atoms with Crippen LogP contribution >= 0.6 is 19.4 Å². The number of aliphatic imine (C=N–C) groups is 1. The maximum Gasteiger partial charge on any atom is 0.330 e. The van der Waals surface area contributed by atoms with Crippen LogP contribution in [0, 0.1) is 0 Å². The molecule has 6 atom stereocenters. The topological polar surface area (TPSA) is 136 Å². The molecule has 2 rings (SSSR count). The van der Waals surface area contributed by atoms with Gasteiger partial charge in [-0.3, -0.25) is 23.9 Å². The number of esters is 3. The third kappa shape index (κ3) is 10.7. The fourth-order valence-electron chi connectivity index (χ4n) is 4.10. The smallest absolute Gasteiger partial charge is 0.330 e. The molecular formula is C24H40NO10PS. The molecule has 0 radical (unpaired) electrons. The molecule has 37 heavy (non-hydrogen) atoms. The van der Waals surface area contributed by atoms with Gasteiger partial charge in [0.15, 0.2) is 12.2 Å². The van der Waals surface area contributed by atoms with Crippen molar-refractivity contribution in [3.05, 3.63) is 0 Å². The van der Waals surface area contributed by atoms with Gasteiger partial charge in [-0.05, 0) is 6.42 Å². The van der Waals surface area contributed by atoms with Crippen LogP contribution in [0.15, 0.2) is 4.99 Å². The van der Waals surface area contributed by atoms with Gasteiger partial charge < -0.3 is 28.0 Å². The van der Waals surface area contributed by atoms with E-state index < -0.39 is 55.3 Å². The highest BCUT2D eigenvalue weighted by Gasteiger charge is 2.53. The Kier molecular flexibility index (Phi) is 13.6. The number of ether oxygens (including phenoxy) is 4. The molecule has 212 valence electrons. The number of fused-ring (bicyclic) bond motifs is 1. The quantitative estimate of drug-likeness (QED) is 0.115. The van der Waals surface area contributed by atoms with Gasteiger partial charge in [0, 0.05) is 34.3 Å². The second-order valence-electron chi connectivity index (χ2n) is 8.99. The summed E-state index contributed by atoms with van der Waals surface area (Å²) >= 11 is 1.30. The van der Waals surface area contributed by atoms with Gasteiger partial charge in [-0.15, -0.1) is 0 Å². The van der Waals surface area contributed by atoms with E-state index in [4.69, 9.17) is 28.0 Å². The molecule has 0 aliphatic carbocycles. The van der Waals surface area contributed by atoms with Crippen LogP contribution in [-0.2, 0) is 46.9 Å². The van der Waals surface area contributed by atoms with Crippen LogP contribution in [0.1, 0.15) is 72.6 Å². The molecule has 0 spiro atoms. The molecule has 13 heteroatoms. The summed E-state index contributed by atoms with van der Waals surface area (Å²) in [5.74, 6) is -1.70. The predicted molar refractivity (Wildman–Crippen MR) is 139 cm³/mol. The molecule has 3 unspecified atom stereocenters. The highest BCUT2D eigenvalue weighted by Crippen LogP contribution is 2.49. The van der Waals surface area contributed by atoms with E-state index in [0.29, 0.717) is 18.1 Å². The lowest BCUT2D eigenvalue weighted by atomic mass is 9.98. The highest BCUT2D eigenvalue weighted by atomic mass is 32.2. The number of hydrogen-bond acceptors (Lipinski definition) is 12. The van der Waals surface area contributed by atoms with Crippen LogP contribution in [0.4, 0.5) is 0 Å². The fraction of sp³-hybridized carbons (Fsp3) is 0.833. The Morgan fingerprint density at radius 2 is 1.62 bits per heavy atom. The molecule has 2 aliphatic rings. The van der Waals surface area contributed by atoms with E-state index in [1.165, 1.54) is 58.9 Å². The molecule has 0 aromatic heterocycles. The van der Waals surface area contributed by atoms with Gasteiger partial charge in [-0.1, -0.05) is 50.8 Å². The summed E-state index contributed by atoms with van der Waals surface area (Å²) in [4.78, 5) is 39.7. The zero-order valence-electron chi connectivity index (χ0n) is 22.3. The van der Waals surface area contributed by atoms with E-state index >= 15 is 0 Å². The van der Waals surface area contributed by atoms with Gasteiger partial charge in [0.05, 0.1) is 17.8 Å². The van der Waals surface area contributed by atoms with Gasteiger partial charge in [0.2, 0.25) is 0 Å². The van der Waals surface area contributed by atoms with E-state index in [2.05, 4.69) is 11.9 Å². The van der Waals surface area contributed by atoms with Crippen LogP contribution < -0.4 is 0 Å². The molecule has 0 aromatic carbocycles. The molecule has 0 amide bonds. The summed E-state index contributed by atoms with van der Waals surface area (Å²) < 4.78 is 46.0. The lowest BCUT2D eigenvalue weighted by Crippen LogP contribution is -2.59. The maximum absolute atomic E-state index is 13.1. The number of carbonyl (C=O) groups is 3. The summed E-state index contributed by atoms with van der Waals surface area (Å²) in [5.41, 5.74) is -0.572. The average molecular weight is 566 g/mol. The van der Waals surface area contributed by atoms with Gasteiger partial charge in [0.1, 0.15) is 24.2 Å². The number of hydrogen-bond donors (Lipinski definition) is 0. The molecular weight excluding hydrogens is 525 g/mol. The molecule has 0 N–H and O–H groups in total. The Labute approximate surface area is 223 Å². The highest BCUT2D eigenvalue weighted by molar-refractivity contribution is 8.14. The minimum absolute atomic E-state index is 0.132. The van der Waals surface area contributed by atoms with Crippen molar-refractivity contribution in [1.29, 1.82) is 0 Å². The van der Waals surface area contributed by atoms with E-state index in [1.807, 2.05) is 0 Å². The molecule has 11 nitrogen and oxygen atoms in total. The van der Waals surface area contributed by atoms with Crippen molar-refractivity contribution in [2.45, 2.75) is 102 Å². The molecule has 0 bridgehead atoms. The van der Waals surface area contributed by atoms with Crippen molar-refractivity contribution in [3.8, 4) is 0 Å². The number of carbonyl (C=O) groups excluding carboxylic acids is 3. The van der Waals surface area contributed by atoms with Crippen LogP contribution in [0.25, 0.3) is 0 Å². The standard InChI is InChI=1S/C24H40NO10PS/c1-6-7-8-9-10-11-13-32-36(29,30-5)14-12-20-25-21-23(34-18(4)28)22(33-17(3)27)19(15-31-16(2)26)35-24(21)37-20/h19,21-24H,6-15H2,1-5H3/t19-,21?,22-,23-,24?,36?/m1/s1. The van der Waals surface area contributed by atoms with Crippen LogP contribution in [0.3, 0.4) is 0 Å². The first-order chi connectivity index (χ1) is 17.6. The molecule has 0 aromatic rings. The summed E-state index contributed by atoms with van der Waals surface area (Å²) in [6.45, 7) is 6.08. The molecule has 2 heterocycles. The number of rotatable bonds is 16. The average Bonchev–Trinajstić information content (AvgIpc) is 3.25. The minimum Gasteiger partial charge on any atom is -0.463 e. The monoisotopic (exact) mass is 565 g/mol. The van der Waals surface area contributed by atoms with Gasteiger partial charge in [-0.2, -0.15) is 0 Å². The van der Waals surface area contributed by atoms with Gasteiger partial charge in [-0.25, -0.2) is 0 Å². The van der Waals surface area contributed by atoms with Crippen molar-refractivity contribution in [2.24, 2.45) is 4.99 Å². The minimum atomic E-state index is -3.30. The van der Waals surface area contributed by atoms with Crippen molar-refractivity contribution in [3.63, 3.8) is 0 Å². The maximum atomic E-state index is 13.1. The summed E-state index contributed by atoms with van der Waals surface area (Å²) in [6.07, 6.45) is 4.17. The summed E-state index contributed by atoms with van der Waals surface area (Å²) in [7, 11) is -1.94. The lowest BCUT2D eigenvalue weighted by Gasteiger charge is -2.41. The summed E-state index contributed by atoms with van der Waals surface area (Å²) in [6, 6.07) is -0.659. The van der Waals surface area contributed by atoms with Crippen molar-refractivity contribution < 1.29 is 46.9 Å². The van der Waals surface area contributed by atoms with Crippen LogP contribution in [0.5, 0.6) is 0 Å². The Morgan fingerprint density at radius 3 is 2.24 bits per heavy atom. The van der Waals surface area contributed by atoms with Crippen LogP contribution in [-0.4, -0.2) is 79.2 Å². The van der Waals surface area contributed by atoms with Crippen LogP contribution in [0.2, 0.25) is 0 Å². The fourth-order valence-corrected chi connectivity index (χ4v) is 6.79. The number of nitrogens with zero attached hydrogens (tertiary/aromatic N) is 1. The first-order valence-corrected chi connectivity index (χ1v) is 15.3. The second-order valence-corrected chi connectivity index (χ2v) is 12.5. The normalized spacial score (nSPS) is 26.5. The van der Waals surface area contributed by atoms with Crippen molar-refractivity contribution >= 4 is 42.3 Å². The Balaban J connectivity index is 2.03. The molecule has 0 saturated carbocycles. The Bertz CT molecular complexity index is 853. The molecule has 1 saturated heterocycles. The Hall–Kier alpha value is -1.46. The van der Waals surface area contributed by atoms with E-state index in [9.17, 15) is 18.9 Å². The van der Waals surface area contributed by atoms with Crippen molar-refractivity contribution in [2.75, 3.05) is 26.5 Å². The van der Waals surface area contributed by atoms with E-state index in [1.54, 1.807) is 0 Å². The number of unbranched alkanes of at least 4 members (excludes halogenated alkanes) is 5. The van der Waals surface area contributed by atoms with Gasteiger partial charge >= 0.3 is 25.5 Å². The van der Waals surface area contributed by atoms with E-state index in [-0.39, 0.29) is 12.8 Å². The van der Waals surface area contributed by atoms with Crippen molar-refractivity contribution in [1.82, 2.24) is 0 Å². The SMILES string of the molecule is CCCCCCCCOP(=O)(CCC1=NC2C(O[C@H](COC(C)=O)[C@@H](OC(C)=O)[C@@H]2OC(C)=O)S1)OC. The third-order valence-electron chi connectivity index (χ3n) is 5.88. The first kappa shape index (κ1) is 31.8. The largest absolute Gasteiger partial charge is 0.463 e. The predicted octanol–water partition coefficient (Wildman–Crippen LogP) is 4.26. The van der Waals surface area contributed by atoms with E-state index in [0.717, 1.165) is 19.3 Å². The molecule has 1 fully saturated rings. The first-order valence-electron chi connectivity index (χ1n) is 12.7. The Morgan fingerprint density at radius 1 is 0.973 bits per heavy atom. The molecule has 2 aliphatic heterocycles. The zero-order chi connectivity index (χ0) is 27.4. The second kappa shape index (κ2) is 15.8. The third-order valence-corrected chi connectivity index (χ3v) is 8.99. The summed E-state index contributed by atoms with van der Waals surface area (Å²) in [5, 5.41) is 0.627. The lowest BCUT2D eigenvalue weighted by molar-refractivity contribution is -0.208. The zero-order valence-corrected chi connectivity index (χ0v) is 24.1.